The Morgan fingerprint density at radius 1 is 0.762 bits per heavy atom. The number of methoxy groups -OCH3 is 3. The first-order valence-corrected chi connectivity index (χ1v) is 12.9. The smallest absolute Gasteiger partial charge is 0.343 e. The molecule has 0 fully saturated rings. The van der Waals surface area contributed by atoms with Gasteiger partial charge in [-0.1, -0.05) is 0 Å². The number of rotatable bonds is 14. The molecule has 3 rings (SSSR count). The second-order valence-electron chi connectivity index (χ2n) is 8.38. The largest absolute Gasteiger partial charge is 0.494 e. The molecule has 2 amide bonds. The van der Waals surface area contributed by atoms with E-state index in [1.54, 1.807) is 49.4 Å². The molecule has 0 unspecified atom stereocenters. The fraction of sp³-hybridized carbons (Fsp3) is 0.267. The molecule has 2 N–H and O–H groups in total. The molecule has 0 heterocycles. The van der Waals surface area contributed by atoms with Gasteiger partial charge >= 0.3 is 5.97 Å². The Bertz CT molecular complexity index is 1400. The summed E-state index contributed by atoms with van der Waals surface area (Å²) in [6.07, 6.45) is 1.39. The van der Waals surface area contributed by atoms with Crippen molar-refractivity contribution in [2.45, 2.75) is 13.8 Å². The van der Waals surface area contributed by atoms with Gasteiger partial charge in [-0.25, -0.2) is 10.2 Å². The van der Waals surface area contributed by atoms with E-state index in [0.717, 1.165) is 0 Å². The second kappa shape index (κ2) is 15.5. The van der Waals surface area contributed by atoms with Crippen LogP contribution in [0.3, 0.4) is 0 Å². The average Bonchev–Trinajstić information content (AvgIpc) is 3.00. The van der Waals surface area contributed by atoms with Crippen molar-refractivity contribution in [1.29, 1.82) is 0 Å². The Morgan fingerprint density at radius 3 is 2.02 bits per heavy atom. The van der Waals surface area contributed by atoms with E-state index in [9.17, 15) is 14.4 Å². The standard InChI is InChI=1S/C30H33N3O9/c1-6-40-22-11-9-20(10-12-22)30(36)42-23-13-8-19(14-24(23)41-7-2)17-32-33-27(34)18-31-29(35)21-15-25(37-3)28(39-5)26(16-21)38-4/h8-17H,6-7,18H2,1-5H3,(H,31,35)(H,33,34)/b32-17+. The monoisotopic (exact) mass is 579 g/mol. The number of esters is 1. The van der Waals surface area contributed by atoms with E-state index in [1.165, 1.54) is 39.7 Å². The van der Waals surface area contributed by atoms with Crippen LogP contribution in [0, 0.1) is 0 Å². The Morgan fingerprint density at radius 2 is 1.43 bits per heavy atom. The van der Waals surface area contributed by atoms with Gasteiger partial charge in [0, 0.05) is 5.56 Å². The Hall–Kier alpha value is -5.26. The van der Waals surface area contributed by atoms with E-state index in [1.807, 2.05) is 6.92 Å². The maximum Gasteiger partial charge on any atom is 0.343 e. The van der Waals surface area contributed by atoms with Crippen LogP contribution in [0.5, 0.6) is 34.5 Å². The van der Waals surface area contributed by atoms with Crippen LogP contribution in [0.15, 0.2) is 59.7 Å². The quantitative estimate of drug-likeness (QED) is 0.127. The van der Waals surface area contributed by atoms with Crippen molar-refractivity contribution in [1.82, 2.24) is 10.7 Å². The van der Waals surface area contributed by atoms with Gasteiger partial charge in [-0.3, -0.25) is 9.59 Å². The SMILES string of the molecule is CCOc1ccc(C(=O)Oc2ccc(/C=N/NC(=O)CNC(=O)c3cc(OC)c(OC)c(OC)c3)cc2OCC)cc1. The van der Waals surface area contributed by atoms with Crippen LogP contribution >= 0.6 is 0 Å². The van der Waals surface area contributed by atoms with Crippen molar-refractivity contribution in [3.05, 3.63) is 71.3 Å². The summed E-state index contributed by atoms with van der Waals surface area (Å²) >= 11 is 0. The van der Waals surface area contributed by atoms with E-state index in [4.69, 9.17) is 28.4 Å². The molecular weight excluding hydrogens is 546 g/mol. The fourth-order valence-electron chi connectivity index (χ4n) is 3.66. The summed E-state index contributed by atoms with van der Waals surface area (Å²) < 4.78 is 32.3. The number of hydrogen-bond acceptors (Lipinski definition) is 10. The number of amides is 2. The molecule has 12 nitrogen and oxygen atoms in total. The number of carbonyl (C=O) groups excluding carboxylic acids is 3. The van der Waals surface area contributed by atoms with Gasteiger partial charge in [-0.15, -0.1) is 0 Å². The zero-order chi connectivity index (χ0) is 30.5. The molecule has 42 heavy (non-hydrogen) atoms. The number of nitrogens with zero attached hydrogens (tertiary/aromatic N) is 1. The first kappa shape index (κ1) is 31.3. The van der Waals surface area contributed by atoms with Gasteiger partial charge in [0.05, 0.1) is 52.9 Å². The lowest BCUT2D eigenvalue weighted by Gasteiger charge is -2.14. The van der Waals surface area contributed by atoms with Crippen molar-refractivity contribution in [3.63, 3.8) is 0 Å². The molecule has 0 saturated carbocycles. The molecular formula is C30H33N3O9. The van der Waals surface area contributed by atoms with Crippen LogP contribution in [-0.4, -0.2) is 65.1 Å². The average molecular weight is 580 g/mol. The van der Waals surface area contributed by atoms with Crippen LogP contribution in [0.25, 0.3) is 0 Å². The molecule has 0 aromatic heterocycles. The molecule has 0 aliphatic rings. The van der Waals surface area contributed by atoms with E-state index in [0.29, 0.717) is 53.1 Å². The molecule has 3 aromatic carbocycles. The molecule has 0 saturated heterocycles. The zero-order valence-corrected chi connectivity index (χ0v) is 24.0. The Labute approximate surface area is 243 Å². The lowest BCUT2D eigenvalue weighted by molar-refractivity contribution is -0.120. The molecule has 0 spiro atoms. The van der Waals surface area contributed by atoms with Crippen molar-refractivity contribution in [2.75, 3.05) is 41.1 Å². The summed E-state index contributed by atoms with van der Waals surface area (Å²) in [5, 5.41) is 6.43. The third-order valence-corrected chi connectivity index (χ3v) is 5.61. The summed E-state index contributed by atoms with van der Waals surface area (Å²) in [5.41, 5.74) is 3.48. The van der Waals surface area contributed by atoms with Crippen LogP contribution in [0.4, 0.5) is 0 Å². The fourth-order valence-corrected chi connectivity index (χ4v) is 3.66. The molecule has 12 heteroatoms. The van der Waals surface area contributed by atoms with Gasteiger partial charge < -0.3 is 33.7 Å². The number of hydrogen-bond donors (Lipinski definition) is 2. The van der Waals surface area contributed by atoms with Gasteiger partial charge in [-0.2, -0.15) is 5.10 Å². The van der Waals surface area contributed by atoms with Crippen molar-refractivity contribution < 1.29 is 42.8 Å². The molecule has 0 bridgehead atoms. The highest BCUT2D eigenvalue weighted by Crippen LogP contribution is 2.38. The number of benzene rings is 3. The summed E-state index contributed by atoms with van der Waals surface area (Å²) in [5.74, 6) is 0.523. The normalized spacial score (nSPS) is 10.5. The maximum atomic E-state index is 12.6. The van der Waals surface area contributed by atoms with Gasteiger partial charge in [0.25, 0.3) is 11.8 Å². The molecule has 0 atom stereocenters. The molecule has 3 aromatic rings. The highest BCUT2D eigenvalue weighted by molar-refractivity contribution is 5.97. The van der Waals surface area contributed by atoms with E-state index in [-0.39, 0.29) is 17.9 Å². The van der Waals surface area contributed by atoms with E-state index < -0.39 is 17.8 Å². The highest BCUT2D eigenvalue weighted by Gasteiger charge is 2.18. The molecule has 0 radical (unpaired) electrons. The Kier molecular flexibility index (Phi) is 11.5. The lowest BCUT2D eigenvalue weighted by Crippen LogP contribution is -2.34. The number of nitrogens with one attached hydrogen (secondary N) is 2. The first-order chi connectivity index (χ1) is 20.3. The van der Waals surface area contributed by atoms with E-state index in [2.05, 4.69) is 15.8 Å². The minimum Gasteiger partial charge on any atom is -0.494 e. The van der Waals surface area contributed by atoms with E-state index >= 15 is 0 Å². The number of hydrazone groups is 1. The first-order valence-electron chi connectivity index (χ1n) is 12.9. The van der Waals surface area contributed by atoms with Crippen LogP contribution < -0.4 is 39.2 Å². The molecule has 222 valence electrons. The summed E-state index contributed by atoms with van der Waals surface area (Å²) in [6.45, 7) is 4.19. The van der Waals surface area contributed by atoms with Gasteiger partial charge in [0.1, 0.15) is 5.75 Å². The van der Waals surface area contributed by atoms with Crippen molar-refractivity contribution in [2.24, 2.45) is 5.10 Å². The third-order valence-electron chi connectivity index (χ3n) is 5.61. The van der Waals surface area contributed by atoms with Gasteiger partial charge in [0.2, 0.25) is 5.75 Å². The van der Waals surface area contributed by atoms with Gasteiger partial charge in [-0.05, 0) is 74.0 Å². The minimum absolute atomic E-state index is 0.215. The lowest BCUT2D eigenvalue weighted by atomic mass is 10.1. The second-order valence-corrected chi connectivity index (χ2v) is 8.38. The number of carbonyl (C=O) groups is 3. The maximum absolute atomic E-state index is 12.6. The molecule has 0 aliphatic carbocycles. The summed E-state index contributed by atoms with van der Waals surface area (Å²) in [4.78, 5) is 37.5. The summed E-state index contributed by atoms with van der Waals surface area (Å²) in [6, 6.07) is 14.4. The van der Waals surface area contributed by atoms with Crippen LogP contribution in [0.1, 0.15) is 40.1 Å². The van der Waals surface area contributed by atoms with Crippen molar-refractivity contribution >= 4 is 24.0 Å². The van der Waals surface area contributed by atoms with Crippen LogP contribution in [0.2, 0.25) is 0 Å². The van der Waals surface area contributed by atoms with Gasteiger partial charge in [0.15, 0.2) is 23.0 Å². The topological polar surface area (TPSA) is 143 Å². The van der Waals surface area contributed by atoms with Crippen molar-refractivity contribution in [3.8, 4) is 34.5 Å². The highest BCUT2D eigenvalue weighted by atomic mass is 16.6. The minimum atomic E-state index is -0.557. The predicted octanol–water partition coefficient (Wildman–Crippen LogP) is 3.61. The predicted molar refractivity (Wildman–Crippen MR) is 154 cm³/mol. The Balaban J connectivity index is 1.58. The molecule has 0 aliphatic heterocycles. The van der Waals surface area contributed by atoms with Crippen LogP contribution in [-0.2, 0) is 4.79 Å². The zero-order valence-electron chi connectivity index (χ0n) is 24.0. The number of ether oxygens (including phenoxy) is 6. The summed E-state index contributed by atoms with van der Waals surface area (Å²) in [7, 11) is 4.33. The third kappa shape index (κ3) is 8.37.